The Balaban J connectivity index is 1.80. The number of allylic oxidation sites excluding steroid dienone is 1. The Hall–Kier alpha value is -1.86. The van der Waals surface area contributed by atoms with E-state index in [1.165, 1.54) is 24.0 Å². The molecular weight excluding hydrogens is 302 g/mol. The molecule has 1 aliphatic carbocycles. The zero-order valence-electron chi connectivity index (χ0n) is 15.9. The Morgan fingerprint density at radius 1 is 0.840 bits per heavy atom. The van der Waals surface area contributed by atoms with Crippen LogP contribution in [0.1, 0.15) is 44.7 Å². The second-order valence-corrected chi connectivity index (χ2v) is 8.41. The predicted molar refractivity (Wildman–Crippen MR) is 107 cm³/mol. The summed E-state index contributed by atoms with van der Waals surface area (Å²) in [7, 11) is 0. The molecule has 0 amide bonds. The molecule has 0 spiro atoms. The van der Waals surface area contributed by atoms with Gasteiger partial charge in [0.15, 0.2) is 0 Å². The molecule has 0 saturated carbocycles. The zero-order chi connectivity index (χ0) is 17.7. The molecule has 2 atom stereocenters. The topological polar surface area (TPSA) is 3.24 Å². The Morgan fingerprint density at radius 2 is 1.36 bits per heavy atom. The van der Waals surface area contributed by atoms with Gasteiger partial charge in [-0.25, -0.2) is 0 Å². The first-order chi connectivity index (χ1) is 12.0. The lowest BCUT2D eigenvalue weighted by Gasteiger charge is -2.39. The van der Waals surface area contributed by atoms with E-state index in [1.807, 2.05) is 0 Å². The molecule has 3 rings (SSSR count). The van der Waals surface area contributed by atoms with Gasteiger partial charge < -0.3 is 0 Å². The third-order valence-electron chi connectivity index (χ3n) is 5.46. The minimum Gasteiger partial charge on any atom is -0.288 e. The van der Waals surface area contributed by atoms with Crippen LogP contribution in [-0.2, 0) is 13.1 Å². The van der Waals surface area contributed by atoms with Crippen LogP contribution in [0.3, 0.4) is 0 Å². The highest BCUT2D eigenvalue weighted by Crippen LogP contribution is 2.37. The maximum Gasteiger partial charge on any atom is 0.0288 e. The van der Waals surface area contributed by atoms with Gasteiger partial charge in [0.2, 0.25) is 0 Å². The van der Waals surface area contributed by atoms with E-state index in [2.05, 4.69) is 98.5 Å². The molecule has 0 radical (unpaired) electrons. The van der Waals surface area contributed by atoms with Crippen molar-refractivity contribution >= 4 is 0 Å². The Labute approximate surface area is 153 Å². The SMILES string of the molecule is CC(C)(C)[C@@H]1CC=C[C@H](N(Cc2ccccc2)Cc2ccccc2)C1. The highest BCUT2D eigenvalue weighted by atomic mass is 15.1. The van der Waals surface area contributed by atoms with Crippen molar-refractivity contribution in [2.75, 3.05) is 0 Å². The summed E-state index contributed by atoms with van der Waals surface area (Å²) in [4.78, 5) is 2.64. The number of hydrogen-bond donors (Lipinski definition) is 0. The van der Waals surface area contributed by atoms with E-state index in [1.54, 1.807) is 0 Å². The van der Waals surface area contributed by atoms with Crippen molar-refractivity contribution in [3.8, 4) is 0 Å². The maximum atomic E-state index is 2.64. The fraction of sp³-hybridized carbons (Fsp3) is 0.417. The summed E-state index contributed by atoms with van der Waals surface area (Å²) in [6, 6.07) is 22.3. The molecule has 0 N–H and O–H groups in total. The third kappa shape index (κ3) is 5.06. The molecule has 25 heavy (non-hydrogen) atoms. The van der Waals surface area contributed by atoms with Gasteiger partial charge in [0.1, 0.15) is 0 Å². The van der Waals surface area contributed by atoms with Crippen LogP contribution in [0.2, 0.25) is 0 Å². The van der Waals surface area contributed by atoms with Crippen LogP contribution < -0.4 is 0 Å². The summed E-state index contributed by atoms with van der Waals surface area (Å²) in [5.41, 5.74) is 3.16. The molecule has 0 aromatic heterocycles. The molecule has 0 fully saturated rings. The number of rotatable bonds is 5. The van der Waals surface area contributed by atoms with Gasteiger partial charge in [0, 0.05) is 19.1 Å². The molecule has 2 aromatic carbocycles. The quantitative estimate of drug-likeness (QED) is 0.600. The summed E-state index contributed by atoms with van der Waals surface area (Å²) in [5.74, 6) is 0.747. The molecule has 0 aliphatic heterocycles. The fourth-order valence-electron chi connectivity index (χ4n) is 3.77. The lowest BCUT2D eigenvalue weighted by atomic mass is 9.73. The molecule has 132 valence electrons. The van der Waals surface area contributed by atoms with Crippen molar-refractivity contribution < 1.29 is 0 Å². The van der Waals surface area contributed by atoms with Crippen LogP contribution in [-0.4, -0.2) is 10.9 Å². The first kappa shape index (κ1) is 17.9. The number of nitrogens with zero attached hydrogens (tertiary/aromatic N) is 1. The predicted octanol–water partition coefficient (Wildman–Crippen LogP) is 6.07. The average molecular weight is 334 g/mol. The van der Waals surface area contributed by atoms with Crippen molar-refractivity contribution in [2.24, 2.45) is 11.3 Å². The third-order valence-corrected chi connectivity index (χ3v) is 5.46. The highest BCUT2D eigenvalue weighted by molar-refractivity contribution is 5.18. The molecule has 1 heteroatoms. The zero-order valence-corrected chi connectivity index (χ0v) is 15.9. The molecule has 1 aliphatic rings. The van der Waals surface area contributed by atoms with Gasteiger partial charge in [0.05, 0.1) is 0 Å². The van der Waals surface area contributed by atoms with Crippen LogP contribution in [0.4, 0.5) is 0 Å². The molecule has 0 heterocycles. The molecule has 0 saturated heterocycles. The van der Waals surface area contributed by atoms with Crippen LogP contribution in [0.5, 0.6) is 0 Å². The number of hydrogen-bond acceptors (Lipinski definition) is 1. The van der Waals surface area contributed by atoms with Crippen molar-refractivity contribution in [3.63, 3.8) is 0 Å². The normalized spacial score (nSPS) is 20.8. The van der Waals surface area contributed by atoms with E-state index in [9.17, 15) is 0 Å². The van der Waals surface area contributed by atoms with E-state index >= 15 is 0 Å². The standard InChI is InChI=1S/C24H31N/c1-24(2,3)22-15-10-16-23(17-22)25(18-20-11-6-4-7-12-20)19-21-13-8-5-9-14-21/h4-14,16,22-23H,15,17-19H2,1-3H3/t22-,23+/m1/s1. The van der Waals surface area contributed by atoms with E-state index in [-0.39, 0.29) is 0 Å². The molecule has 2 aromatic rings. The van der Waals surface area contributed by atoms with Crippen LogP contribution in [0.15, 0.2) is 72.8 Å². The molecule has 0 bridgehead atoms. The van der Waals surface area contributed by atoms with Gasteiger partial charge in [-0.05, 0) is 35.3 Å². The maximum absolute atomic E-state index is 2.64. The van der Waals surface area contributed by atoms with Crippen molar-refractivity contribution in [1.29, 1.82) is 0 Å². The van der Waals surface area contributed by atoms with E-state index in [0.29, 0.717) is 11.5 Å². The van der Waals surface area contributed by atoms with Crippen LogP contribution in [0, 0.1) is 11.3 Å². The fourth-order valence-corrected chi connectivity index (χ4v) is 3.77. The summed E-state index contributed by atoms with van der Waals surface area (Å²) < 4.78 is 0. The first-order valence-corrected chi connectivity index (χ1v) is 9.51. The van der Waals surface area contributed by atoms with Crippen molar-refractivity contribution in [3.05, 3.63) is 83.9 Å². The Kier molecular flexibility index (Phi) is 5.75. The van der Waals surface area contributed by atoms with Crippen LogP contribution in [0.25, 0.3) is 0 Å². The van der Waals surface area contributed by atoms with Gasteiger partial charge >= 0.3 is 0 Å². The summed E-state index contributed by atoms with van der Waals surface area (Å²) in [6.45, 7) is 9.15. The second kappa shape index (κ2) is 8.01. The largest absolute Gasteiger partial charge is 0.288 e. The molecule has 0 unspecified atom stereocenters. The van der Waals surface area contributed by atoms with Gasteiger partial charge in [-0.3, -0.25) is 4.90 Å². The molecule has 1 nitrogen and oxygen atoms in total. The monoisotopic (exact) mass is 333 g/mol. The summed E-state index contributed by atoms with van der Waals surface area (Å²) in [5, 5.41) is 0. The Bertz CT molecular complexity index is 625. The smallest absolute Gasteiger partial charge is 0.0288 e. The summed E-state index contributed by atoms with van der Waals surface area (Å²) >= 11 is 0. The van der Waals surface area contributed by atoms with Gasteiger partial charge in [-0.2, -0.15) is 0 Å². The van der Waals surface area contributed by atoms with E-state index in [4.69, 9.17) is 0 Å². The average Bonchev–Trinajstić information content (AvgIpc) is 2.62. The minimum atomic E-state index is 0.369. The van der Waals surface area contributed by atoms with Gasteiger partial charge in [-0.1, -0.05) is 93.6 Å². The van der Waals surface area contributed by atoms with Crippen LogP contribution >= 0.6 is 0 Å². The minimum absolute atomic E-state index is 0.369. The van der Waals surface area contributed by atoms with Gasteiger partial charge in [-0.15, -0.1) is 0 Å². The molecular formula is C24H31N. The Morgan fingerprint density at radius 3 is 1.84 bits per heavy atom. The summed E-state index contributed by atoms with van der Waals surface area (Å²) in [6.07, 6.45) is 7.31. The van der Waals surface area contributed by atoms with Gasteiger partial charge in [0.25, 0.3) is 0 Å². The van der Waals surface area contributed by atoms with E-state index < -0.39 is 0 Å². The lowest BCUT2D eigenvalue weighted by molar-refractivity contribution is 0.132. The second-order valence-electron chi connectivity index (χ2n) is 8.41. The van der Waals surface area contributed by atoms with Crippen molar-refractivity contribution in [2.45, 2.75) is 52.7 Å². The number of benzene rings is 2. The lowest BCUT2D eigenvalue weighted by Crippen LogP contribution is -2.38. The van der Waals surface area contributed by atoms with E-state index in [0.717, 1.165) is 19.0 Å². The first-order valence-electron chi connectivity index (χ1n) is 9.51. The van der Waals surface area contributed by atoms with Crippen molar-refractivity contribution in [1.82, 2.24) is 4.90 Å². The highest BCUT2D eigenvalue weighted by Gasteiger charge is 2.30.